The summed E-state index contributed by atoms with van der Waals surface area (Å²) in [6.07, 6.45) is 6.49. The number of imidazole rings is 1. The molecule has 0 aliphatic heterocycles. The van der Waals surface area contributed by atoms with Gasteiger partial charge in [-0.05, 0) is 46.5 Å². The summed E-state index contributed by atoms with van der Waals surface area (Å²) < 4.78 is 3.06. The van der Waals surface area contributed by atoms with Crippen molar-refractivity contribution in [1.29, 1.82) is 0 Å². The molecule has 0 radical (unpaired) electrons. The number of pyridine rings is 1. The fourth-order valence-corrected chi connectivity index (χ4v) is 3.61. The standard InChI is InChI=1S/C20H22BrN5.HI/c1-22-19(24-14-20(9-10-20)15-5-3-2-4-6-15)23-11-17-13-26-12-16(21)7-8-18(26)25-17;/h2-8,12-13H,9-11,14H2,1H3,(H2,22,23,24);1H. The van der Waals surface area contributed by atoms with E-state index >= 15 is 0 Å². The third-order valence-corrected chi connectivity index (χ3v) is 5.43. The van der Waals surface area contributed by atoms with E-state index in [4.69, 9.17) is 0 Å². The molecule has 1 aromatic carbocycles. The summed E-state index contributed by atoms with van der Waals surface area (Å²) >= 11 is 3.49. The third-order valence-electron chi connectivity index (χ3n) is 4.96. The smallest absolute Gasteiger partial charge is 0.191 e. The highest BCUT2D eigenvalue weighted by atomic mass is 127. The van der Waals surface area contributed by atoms with E-state index in [0.717, 1.165) is 28.3 Å². The van der Waals surface area contributed by atoms with Gasteiger partial charge in [-0.3, -0.25) is 4.99 Å². The number of nitrogens with zero attached hydrogens (tertiary/aromatic N) is 3. The zero-order valence-electron chi connectivity index (χ0n) is 15.2. The summed E-state index contributed by atoms with van der Waals surface area (Å²) in [6.45, 7) is 1.53. The minimum absolute atomic E-state index is 0. The molecule has 2 N–H and O–H groups in total. The molecule has 0 atom stereocenters. The number of guanidine groups is 1. The Morgan fingerprint density at radius 2 is 1.93 bits per heavy atom. The Bertz CT molecular complexity index is 934. The summed E-state index contributed by atoms with van der Waals surface area (Å²) in [5.41, 5.74) is 3.59. The number of benzene rings is 1. The molecule has 1 aliphatic rings. The van der Waals surface area contributed by atoms with Crippen molar-refractivity contribution >= 4 is 51.5 Å². The van der Waals surface area contributed by atoms with E-state index in [9.17, 15) is 0 Å². The number of rotatable bonds is 5. The Morgan fingerprint density at radius 3 is 2.63 bits per heavy atom. The second kappa shape index (κ2) is 8.60. The fourth-order valence-electron chi connectivity index (χ4n) is 3.26. The van der Waals surface area contributed by atoms with Crippen LogP contribution in [0.3, 0.4) is 0 Å². The van der Waals surface area contributed by atoms with Crippen LogP contribution in [-0.2, 0) is 12.0 Å². The van der Waals surface area contributed by atoms with E-state index in [1.54, 1.807) is 7.05 Å². The van der Waals surface area contributed by atoms with Crippen LogP contribution in [0.2, 0.25) is 0 Å². The highest BCUT2D eigenvalue weighted by Crippen LogP contribution is 2.47. The maximum atomic E-state index is 4.63. The average molecular weight is 540 g/mol. The van der Waals surface area contributed by atoms with Gasteiger partial charge in [0.15, 0.2) is 5.96 Å². The van der Waals surface area contributed by atoms with Gasteiger partial charge in [-0.2, -0.15) is 0 Å². The van der Waals surface area contributed by atoms with E-state index in [-0.39, 0.29) is 29.4 Å². The maximum absolute atomic E-state index is 4.63. The van der Waals surface area contributed by atoms with Gasteiger partial charge in [-0.15, -0.1) is 24.0 Å². The van der Waals surface area contributed by atoms with Gasteiger partial charge in [0, 0.05) is 35.9 Å². The summed E-state index contributed by atoms with van der Waals surface area (Å²) in [4.78, 5) is 8.97. The lowest BCUT2D eigenvalue weighted by atomic mass is 9.96. The van der Waals surface area contributed by atoms with E-state index < -0.39 is 0 Å². The van der Waals surface area contributed by atoms with Gasteiger partial charge in [0.2, 0.25) is 0 Å². The first-order valence-corrected chi connectivity index (χ1v) is 9.61. The van der Waals surface area contributed by atoms with Gasteiger partial charge in [-0.1, -0.05) is 30.3 Å². The zero-order valence-corrected chi connectivity index (χ0v) is 19.1. The van der Waals surface area contributed by atoms with Crippen LogP contribution in [0.4, 0.5) is 0 Å². The minimum Gasteiger partial charge on any atom is -0.356 e. The number of aliphatic imine (C=N–C) groups is 1. The molecule has 1 fully saturated rings. The van der Waals surface area contributed by atoms with Gasteiger partial charge < -0.3 is 15.0 Å². The summed E-state index contributed by atoms with van der Waals surface area (Å²) in [5.74, 6) is 0.811. The Kier molecular flexibility index (Phi) is 6.41. The first kappa shape index (κ1) is 20.1. The molecule has 0 spiro atoms. The van der Waals surface area contributed by atoms with Crippen molar-refractivity contribution in [3.05, 3.63) is 70.6 Å². The Labute approximate surface area is 184 Å². The summed E-state index contributed by atoms with van der Waals surface area (Å²) in [5, 5.41) is 6.85. The first-order chi connectivity index (χ1) is 12.7. The fraction of sp³-hybridized carbons (Fsp3) is 0.300. The molecule has 142 valence electrons. The van der Waals surface area contributed by atoms with Crippen LogP contribution in [0, 0.1) is 0 Å². The molecule has 0 unspecified atom stereocenters. The predicted molar refractivity (Wildman–Crippen MR) is 124 cm³/mol. The maximum Gasteiger partial charge on any atom is 0.191 e. The molecule has 0 saturated heterocycles. The normalized spacial score (nSPS) is 15.3. The van der Waals surface area contributed by atoms with Gasteiger partial charge in [0.1, 0.15) is 5.65 Å². The van der Waals surface area contributed by atoms with Crippen molar-refractivity contribution in [3.8, 4) is 0 Å². The number of nitrogens with one attached hydrogen (secondary N) is 2. The number of hydrogen-bond acceptors (Lipinski definition) is 2. The minimum atomic E-state index is 0. The number of fused-ring (bicyclic) bond motifs is 1. The lowest BCUT2D eigenvalue weighted by Crippen LogP contribution is -2.40. The molecular formula is C20H23BrIN5. The molecule has 2 heterocycles. The van der Waals surface area contributed by atoms with Crippen molar-refractivity contribution in [2.45, 2.75) is 24.8 Å². The largest absolute Gasteiger partial charge is 0.356 e. The number of aromatic nitrogens is 2. The van der Waals surface area contributed by atoms with Gasteiger partial charge in [0.05, 0.1) is 12.2 Å². The van der Waals surface area contributed by atoms with Gasteiger partial charge in [0.25, 0.3) is 0 Å². The molecule has 1 aliphatic carbocycles. The molecule has 0 amide bonds. The van der Waals surface area contributed by atoms with Crippen molar-refractivity contribution < 1.29 is 0 Å². The van der Waals surface area contributed by atoms with Crippen molar-refractivity contribution in [1.82, 2.24) is 20.0 Å². The van der Waals surface area contributed by atoms with Gasteiger partial charge in [-0.25, -0.2) is 4.98 Å². The molecule has 0 bridgehead atoms. The lowest BCUT2D eigenvalue weighted by molar-refractivity contribution is 0.645. The third kappa shape index (κ3) is 4.63. The molecule has 7 heteroatoms. The van der Waals surface area contributed by atoms with Crippen LogP contribution in [0.25, 0.3) is 5.65 Å². The Hall–Kier alpha value is -1.61. The zero-order chi connectivity index (χ0) is 18.0. The average Bonchev–Trinajstić information content (AvgIpc) is 3.35. The SMILES string of the molecule is CN=C(NCc1cn2cc(Br)ccc2n1)NCC1(c2ccccc2)CC1.I. The van der Waals surface area contributed by atoms with Crippen LogP contribution in [0.5, 0.6) is 0 Å². The monoisotopic (exact) mass is 539 g/mol. The van der Waals surface area contributed by atoms with Crippen LogP contribution in [0.1, 0.15) is 24.1 Å². The lowest BCUT2D eigenvalue weighted by Gasteiger charge is -2.18. The first-order valence-electron chi connectivity index (χ1n) is 8.82. The second-order valence-corrected chi connectivity index (χ2v) is 7.69. The van der Waals surface area contributed by atoms with Crippen molar-refractivity contribution in [2.75, 3.05) is 13.6 Å². The summed E-state index contributed by atoms with van der Waals surface area (Å²) in [6, 6.07) is 14.7. The molecule has 4 rings (SSSR count). The molecule has 2 aromatic heterocycles. The summed E-state index contributed by atoms with van der Waals surface area (Å²) in [7, 11) is 1.80. The Balaban J connectivity index is 0.00000210. The molecule has 5 nitrogen and oxygen atoms in total. The van der Waals surface area contributed by atoms with E-state index in [2.05, 4.69) is 66.9 Å². The molecule has 27 heavy (non-hydrogen) atoms. The van der Waals surface area contributed by atoms with Crippen molar-refractivity contribution in [3.63, 3.8) is 0 Å². The molecule has 3 aromatic rings. The van der Waals surface area contributed by atoms with Crippen LogP contribution in [0.15, 0.2) is 64.3 Å². The highest BCUT2D eigenvalue weighted by molar-refractivity contribution is 14.0. The van der Waals surface area contributed by atoms with Gasteiger partial charge >= 0.3 is 0 Å². The topological polar surface area (TPSA) is 53.7 Å². The molecule has 1 saturated carbocycles. The van der Waals surface area contributed by atoms with Crippen LogP contribution >= 0.6 is 39.9 Å². The van der Waals surface area contributed by atoms with E-state index in [1.165, 1.54) is 18.4 Å². The number of hydrogen-bond donors (Lipinski definition) is 2. The number of halogens is 2. The predicted octanol–water partition coefficient (Wildman–Crippen LogP) is 4.11. The van der Waals surface area contributed by atoms with Crippen LogP contribution < -0.4 is 10.6 Å². The van der Waals surface area contributed by atoms with Crippen LogP contribution in [-0.4, -0.2) is 28.9 Å². The molecular weight excluding hydrogens is 517 g/mol. The quantitative estimate of drug-likeness (QED) is 0.291. The highest BCUT2D eigenvalue weighted by Gasteiger charge is 2.43. The van der Waals surface area contributed by atoms with E-state index in [0.29, 0.717) is 6.54 Å². The van der Waals surface area contributed by atoms with E-state index in [1.807, 2.05) is 28.9 Å². The Morgan fingerprint density at radius 1 is 1.15 bits per heavy atom. The second-order valence-electron chi connectivity index (χ2n) is 6.77. The van der Waals surface area contributed by atoms with Crippen molar-refractivity contribution in [2.24, 2.45) is 4.99 Å².